The standard InChI is InChI=1S/C15H26N2O2S/c1-15(2,3)20-10-13(18)17-8-4-5-11(9-17)14(19)16-12-6-7-12/h11-12H,4-10H2,1-3H3,(H,16,19). The number of carbonyl (C=O) groups excluding carboxylic acids is 2. The van der Waals surface area contributed by atoms with Gasteiger partial charge in [0.15, 0.2) is 0 Å². The molecule has 0 aromatic heterocycles. The first-order chi connectivity index (χ1) is 9.35. The summed E-state index contributed by atoms with van der Waals surface area (Å²) in [5.74, 6) is 0.829. The number of amides is 2. The number of hydrogen-bond acceptors (Lipinski definition) is 3. The number of nitrogens with zero attached hydrogens (tertiary/aromatic N) is 1. The zero-order valence-corrected chi connectivity index (χ0v) is 13.6. The van der Waals surface area contributed by atoms with E-state index in [9.17, 15) is 9.59 Å². The molecule has 2 aliphatic rings. The molecule has 1 atom stereocenters. The normalized spacial score (nSPS) is 23.6. The molecule has 1 saturated carbocycles. The average Bonchev–Trinajstić information content (AvgIpc) is 3.19. The van der Waals surface area contributed by atoms with Gasteiger partial charge in [-0.2, -0.15) is 0 Å². The summed E-state index contributed by atoms with van der Waals surface area (Å²) in [5, 5.41) is 3.06. The minimum absolute atomic E-state index is 0.00654. The minimum atomic E-state index is -0.00654. The van der Waals surface area contributed by atoms with Crippen LogP contribution >= 0.6 is 11.8 Å². The summed E-state index contributed by atoms with van der Waals surface area (Å²) in [6.45, 7) is 7.76. The molecule has 0 spiro atoms. The number of hydrogen-bond donors (Lipinski definition) is 1. The molecule has 4 nitrogen and oxygen atoms in total. The van der Waals surface area contributed by atoms with E-state index < -0.39 is 0 Å². The predicted molar refractivity (Wildman–Crippen MR) is 82.7 cm³/mol. The topological polar surface area (TPSA) is 49.4 Å². The number of rotatable bonds is 4. The van der Waals surface area contributed by atoms with E-state index in [1.54, 1.807) is 11.8 Å². The van der Waals surface area contributed by atoms with Crippen molar-refractivity contribution >= 4 is 23.6 Å². The Morgan fingerprint density at radius 2 is 1.95 bits per heavy atom. The predicted octanol–water partition coefficient (Wildman–Crippen LogP) is 2.04. The van der Waals surface area contributed by atoms with Crippen molar-refractivity contribution in [3.8, 4) is 0 Å². The van der Waals surface area contributed by atoms with Gasteiger partial charge in [0.1, 0.15) is 0 Å². The van der Waals surface area contributed by atoms with E-state index >= 15 is 0 Å². The largest absolute Gasteiger partial charge is 0.353 e. The van der Waals surface area contributed by atoms with E-state index in [4.69, 9.17) is 0 Å². The highest BCUT2D eigenvalue weighted by Gasteiger charge is 2.32. The molecule has 1 saturated heterocycles. The molecule has 1 aliphatic carbocycles. The Hall–Kier alpha value is -0.710. The minimum Gasteiger partial charge on any atom is -0.353 e. The third-order valence-corrected chi connectivity index (χ3v) is 4.95. The van der Waals surface area contributed by atoms with Gasteiger partial charge in [-0.1, -0.05) is 20.8 Å². The molecule has 20 heavy (non-hydrogen) atoms. The van der Waals surface area contributed by atoms with Crippen molar-refractivity contribution in [3.05, 3.63) is 0 Å². The van der Waals surface area contributed by atoms with Crippen LogP contribution in [0.15, 0.2) is 0 Å². The third-order valence-electron chi connectivity index (χ3n) is 3.70. The molecule has 0 aromatic rings. The molecule has 114 valence electrons. The lowest BCUT2D eigenvalue weighted by atomic mass is 9.97. The number of likely N-dealkylation sites (tertiary alicyclic amines) is 1. The number of nitrogens with one attached hydrogen (secondary N) is 1. The van der Waals surface area contributed by atoms with Crippen LogP contribution in [0.4, 0.5) is 0 Å². The number of piperidine rings is 1. The number of carbonyl (C=O) groups is 2. The van der Waals surface area contributed by atoms with Gasteiger partial charge in [-0.15, -0.1) is 11.8 Å². The maximum absolute atomic E-state index is 12.2. The van der Waals surface area contributed by atoms with E-state index in [0.717, 1.165) is 32.2 Å². The highest BCUT2D eigenvalue weighted by molar-refractivity contribution is 8.01. The van der Waals surface area contributed by atoms with Crippen LogP contribution in [0.2, 0.25) is 0 Å². The SMILES string of the molecule is CC(C)(C)SCC(=O)N1CCCC(C(=O)NC2CC2)C1. The van der Waals surface area contributed by atoms with Crippen molar-refractivity contribution < 1.29 is 9.59 Å². The molecule has 1 unspecified atom stereocenters. The first-order valence-electron chi connectivity index (χ1n) is 7.57. The number of thioether (sulfide) groups is 1. The fourth-order valence-electron chi connectivity index (χ4n) is 2.33. The Kier molecular flexibility index (Phi) is 4.99. The summed E-state index contributed by atoms with van der Waals surface area (Å²) < 4.78 is 0.105. The van der Waals surface area contributed by atoms with Crippen LogP contribution in [0, 0.1) is 5.92 Å². The van der Waals surface area contributed by atoms with Crippen molar-refractivity contribution in [2.75, 3.05) is 18.8 Å². The van der Waals surface area contributed by atoms with Gasteiger partial charge in [0.25, 0.3) is 0 Å². The van der Waals surface area contributed by atoms with Crippen molar-refractivity contribution in [3.63, 3.8) is 0 Å². The van der Waals surface area contributed by atoms with Crippen LogP contribution in [-0.4, -0.2) is 46.3 Å². The van der Waals surface area contributed by atoms with E-state index in [0.29, 0.717) is 18.3 Å². The van der Waals surface area contributed by atoms with Crippen LogP contribution in [0.3, 0.4) is 0 Å². The van der Waals surface area contributed by atoms with Crippen LogP contribution < -0.4 is 5.32 Å². The molecule has 0 aromatic carbocycles. The molecule has 2 rings (SSSR count). The van der Waals surface area contributed by atoms with Crippen LogP contribution in [0.5, 0.6) is 0 Å². The lowest BCUT2D eigenvalue weighted by Crippen LogP contribution is -2.46. The summed E-state index contributed by atoms with van der Waals surface area (Å²) in [6, 6.07) is 0.407. The summed E-state index contributed by atoms with van der Waals surface area (Å²) in [7, 11) is 0. The Labute approximate surface area is 126 Å². The first kappa shape index (κ1) is 15.7. The smallest absolute Gasteiger partial charge is 0.232 e. The van der Waals surface area contributed by atoms with Crippen LogP contribution in [-0.2, 0) is 9.59 Å². The highest BCUT2D eigenvalue weighted by Crippen LogP contribution is 2.25. The quantitative estimate of drug-likeness (QED) is 0.864. The van der Waals surface area contributed by atoms with Gasteiger partial charge in [-0.25, -0.2) is 0 Å². The lowest BCUT2D eigenvalue weighted by Gasteiger charge is -2.32. The second-order valence-corrected chi connectivity index (χ2v) is 8.66. The summed E-state index contributed by atoms with van der Waals surface area (Å²) >= 11 is 1.67. The molecule has 0 radical (unpaired) electrons. The molecule has 1 N–H and O–H groups in total. The fourth-order valence-corrected chi connectivity index (χ4v) is 3.07. The summed E-state index contributed by atoms with van der Waals surface area (Å²) in [6.07, 6.45) is 4.08. The molecule has 0 bridgehead atoms. The summed E-state index contributed by atoms with van der Waals surface area (Å²) in [4.78, 5) is 26.2. The first-order valence-corrected chi connectivity index (χ1v) is 8.56. The summed E-state index contributed by atoms with van der Waals surface area (Å²) in [5.41, 5.74) is 0. The Bertz CT molecular complexity index is 375. The van der Waals surface area contributed by atoms with E-state index in [2.05, 4.69) is 26.1 Å². The molecule has 1 heterocycles. The maximum atomic E-state index is 12.2. The average molecular weight is 298 g/mol. The van der Waals surface area contributed by atoms with Gasteiger partial charge in [-0.05, 0) is 25.7 Å². The van der Waals surface area contributed by atoms with Crippen LogP contribution in [0.25, 0.3) is 0 Å². The second kappa shape index (κ2) is 6.37. The van der Waals surface area contributed by atoms with Gasteiger partial charge in [0, 0.05) is 23.9 Å². The van der Waals surface area contributed by atoms with Crippen molar-refractivity contribution in [2.24, 2.45) is 5.92 Å². The molecule has 5 heteroatoms. The molecule has 2 amide bonds. The van der Waals surface area contributed by atoms with Crippen molar-refractivity contribution in [2.45, 2.75) is 57.2 Å². The van der Waals surface area contributed by atoms with E-state index in [1.165, 1.54) is 0 Å². The van der Waals surface area contributed by atoms with Crippen LogP contribution in [0.1, 0.15) is 46.5 Å². The maximum Gasteiger partial charge on any atom is 0.232 e. The zero-order chi connectivity index (χ0) is 14.8. The van der Waals surface area contributed by atoms with Gasteiger partial charge in [-0.3, -0.25) is 9.59 Å². The Balaban J connectivity index is 1.79. The second-order valence-electron chi connectivity index (χ2n) is 6.86. The monoisotopic (exact) mass is 298 g/mol. The lowest BCUT2D eigenvalue weighted by molar-refractivity contribution is -0.133. The third kappa shape index (κ3) is 5.00. The van der Waals surface area contributed by atoms with Gasteiger partial charge >= 0.3 is 0 Å². The Morgan fingerprint density at radius 3 is 2.55 bits per heavy atom. The van der Waals surface area contributed by atoms with E-state index in [1.807, 2.05) is 4.90 Å². The Morgan fingerprint density at radius 1 is 1.25 bits per heavy atom. The zero-order valence-electron chi connectivity index (χ0n) is 12.8. The van der Waals surface area contributed by atoms with E-state index in [-0.39, 0.29) is 22.5 Å². The van der Waals surface area contributed by atoms with Gasteiger partial charge < -0.3 is 10.2 Å². The molecular formula is C15H26N2O2S. The van der Waals surface area contributed by atoms with Crippen molar-refractivity contribution in [1.29, 1.82) is 0 Å². The molecule has 2 fully saturated rings. The van der Waals surface area contributed by atoms with Gasteiger partial charge in [0.05, 0.1) is 11.7 Å². The fraction of sp³-hybridized carbons (Fsp3) is 0.867. The molecular weight excluding hydrogens is 272 g/mol. The van der Waals surface area contributed by atoms with Gasteiger partial charge in [0.2, 0.25) is 11.8 Å². The highest BCUT2D eigenvalue weighted by atomic mass is 32.2. The van der Waals surface area contributed by atoms with Crippen molar-refractivity contribution in [1.82, 2.24) is 10.2 Å². The molecule has 1 aliphatic heterocycles.